The van der Waals surface area contributed by atoms with Crippen molar-refractivity contribution in [3.63, 3.8) is 0 Å². The van der Waals surface area contributed by atoms with E-state index in [-0.39, 0.29) is 5.78 Å². The van der Waals surface area contributed by atoms with Crippen LogP contribution < -0.4 is 0 Å². The van der Waals surface area contributed by atoms with Crippen molar-refractivity contribution in [2.45, 2.75) is 33.1 Å². The molecule has 0 radical (unpaired) electrons. The lowest BCUT2D eigenvalue weighted by molar-refractivity contribution is -0.116. The van der Waals surface area contributed by atoms with Crippen LogP contribution in [0.5, 0.6) is 0 Å². The maximum atomic E-state index is 10.8. The van der Waals surface area contributed by atoms with E-state index in [9.17, 15) is 4.79 Å². The summed E-state index contributed by atoms with van der Waals surface area (Å²) in [7, 11) is 0. The van der Waals surface area contributed by atoms with Crippen LogP contribution in [0.1, 0.15) is 33.1 Å². The number of hydrogen-bond acceptors (Lipinski definition) is 2. The van der Waals surface area contributed by atoms with Crippen LogP contribution in [0.4, 0.5) is 0 Å². The number of carbonyl (C=O) groups is 1. The fraction of sp³-hybridized carbons (Fsp3) is 0.462. The average Bonchev–Trinajstić information content (AvgIpc) is 2.10. The summed E-state index contributed by atoms with van der Waals surface area (Å²) < 4.78 is 5.34. The van der Waals surface area contributed by atoms with Crippen LogP contribution in [0.2, 0.25) is 0 Å². The fourth-order valence-corrected chi connectivity index (χ4v) is 1.08. The largest absolute Gasteiger partial charge is 0.494 e. The first-order valence-corrected chi connectivity index (χ1v) is 5.07. The van der Waals surface area contributed by atoms with Crippen molar-refractivity contribution in [2.24, 2.45) is 0 Å². The lowest BCUT2D eigenvalue weighted by Crippen LogP contribution is -1.97. The van der Waals surface area contributed by atoms with Crippen LogP contribution in [-0.2, 0) is 9.53 Å². The van der Waals surface area contributed by atoms with E-state index in [1.54, 1.807) is 6.92 Å². The minimum Gasteiger partial charge on any atom is -0.494 e. The molecule has 0 heterocycles. The van der Waals surface area contributed by atoms with E-state index in [1.165, 1.54) is 0 Å². The molecule has 0 aliphatic rings. The summed E-state index contributed by atoms with van der Waals surface area (Å²) in [4.78, 5) is 10.8. The molecule has 2 heteroatoms. The number of ketones is 1. The number of carbonyl (C=O) groups excluding carboxylic acids is 1. The third kappa shape index (κ3) is 7.74. The number of ether oxygens (including phenoxy) is 1. The van der Waals surface area contributed by atoms with E-state index in [1.807, 2.05) is 6.92 Å². The van der Waals surface area contributed by atoms with Gasteiger partial charge in [-0.2, -0.15) is 0 Å². The second-order valence-corrected chi connectivity index (χ2v) is 3.78. The Morgan fingerprint density at radius 3 is 2.27 bits per heavy atom. The summed E-state index contributed by atoms with van der Waals surface area (Å²) >= 11 is 0. The first-order chi connectivity index (χ1) is 6.93. The van der Waals surface area contributed by atoms with Crippen molar-refractivity contribution in [1.82, 2.24) is 0 Å². The third-order valence-corrected chi connectivity index (χ3v) is 1.93. The minimum atomic E-state index is 0.160. The molecule has 0 aromatic carbocycles. The number of allylic oxidation sites excluding steroid dienone is 2. The monoisotopic (exact) mass is 208 g/mol. The highest BCUT2D eigenvalue weighted by Gasteiger charge is 2.00. The zero-order chi connectivity index (χ0) is 11.8. The lowest BCUT2D eigenvalue weighted by Gasteiger charge is -2.08. The molecule has 0 N–H and O–H groups in total. The van der Waals surface area contributed by atoms with Crippen molar-refractivity contribution in [2.75, 3.05) is 6.61 Å². The molecular formula is C13H20O2. The predicted molar refractivity (Wildman–Crippen MR) is 63.6 cm³/mol. The molecule has 0 saturated carbocycles. The quantitative estimate of drug-likeness (QED) is 0.264. The molecule has 0 aliphatic heterocycles. The van der Waals surface area contributed by atoms with Crippen LogP contribution in [-0.4, -0.2) is 12.4 Å². The highest BCUT2D eigenvalue weighted by atomic mass is 16.5. The SMILES string of the molecule is C=C(CCCOC(=C)C(=C)C)CC(C)=O. The zero-order valence-corrected chi connectivity index (χ0v) is 9.77. The van der Waals surface area contributed by atoms with E-state index < -0.39 is 0 Å². The van der Waals surface area contributed by atoms with Gasteiger partial charge in [-0.25, -0.2) is 0 Å². The van der Waals surface area contributed by atoms with E-state index in [2.05, 4.69) is 19.7 Å². The van der Waals surface area contributed by atoms with Gasteiger partial charge in [-0.05, 0) is 32.3 Å². The van der Waals surface area contributed by atoms with Gasteiger partial charge in [0.1, 0.15) is 11.5 Å². The van der Waals surface area contributed by atoms with E-state index in [0.29, 0.717) is 18.8 Å². The first-order valence-electron chi connectivity index (χ1n) is 5.07. The molecular weight excluding hydrogens is 188 g/mol. The first kappa shape index (κ1) is 13.7. The minimum absolute atomic E-state index is 0.160. The predicted octanol–water partition coefficient (Wildman–Crippen LogP) is 3.41. The molecule has 0 spiro atoms. The summed E-state index contributed by atoms with van der Waals surface area (Å²) in [5, 5.41) is 0. The topological polar surface area (TPSA) is 26.3 Å². The highest BCUT2D eigenvalue weighted by molar-refractivity contribution is 5.77. The molecule has 84 valence electrons. The Hall–Kier alpha value is -1.31. The molecule has 0 fully saturated rings. The van der Waals surface area contributed by atoms with E-state index in [0.717, 1.165) is 24.0 Å². The Kier molecular flexibility index (Phi) is 6.43. The molecule has 15 heavy (non-hydrogen) atoms. The molecule has 0 aromatic heterocycles. The van der Waals surface area contributed by atoms with Crippen molar-refractivity contribution < 1.29 is 9.53 Å². The van der Waals surface area contributed by atoms with Crippen molar-refractivity contribution in [1.29, 1.82) is 0 Å². The normalized spacial score (nSPS) is 9.47. The van der Waals surface area contributed by atoms with Gasteiger partial charge in [-0.15, -0.1) is 0 Å². The van der Waals surface area contributed by atoms with Gasteiger partial charge in [0.2, 0.25) is 0 Å². The summed E-state index contributed by atoms with van der Waals surface area (Å²) in [5.74, 6) is 0.791. The lowest BCUT2D eigenvalue weighted by atomic mass is 10.1. The van der Waals surface area contributed by atoms with E-state index >= 15 is 0 Å². The molecule has 0 saturated heterocycles. The maximum Gasteiger partial charge on any atom is 0.133 e. The summed E-state index contributed by atoms with van der Waals surface area (Å²) in [6.07, 6.45) is 2.16. The summed E-state index contributed by atoms with van der Waals surface area (Å²) in [5.41, 5.74) is 1.81. The summed E-state index contributed by atoms with van der Waals surface area (Å²) in [6, 6.07) is 0. The van der Waals surface area contributed by atoms with Crippen molar-refractivity contribution >= 4 is 5.78 Å². The second-order valence-electron chi connectivity index (χ2n) is 3.78. The molecule has 0 atom stereocenters. The van der Waals surface area contributed by atoms with Gasteiger partial charge < -0.3 is 4.74 Å². The van der Waals surface area contributed by atoms with Gasteiger partial charge in [0.15, 0.2) is 0 Å². The van der Waals surface area contributed by atoms with Gasteiger partial charge in [-0.3, -0.25) is 4.79 Å². The summed E-state index contributed by atoms with van der Waals surface area (Å²) in [6.45, 7) is 15.3. The molecule has 2 nitrogen and oxygen atoms in total. The second kappa shape index (κ2) is 7.04. The Morgan fingerprint density at radius 1 is 1.20 bits per heavy atom. The average molecular weight is 208 g/mol. The van der Waals surface area contributed by atoms with Gasteiger partial charge in [0.25, 0.3) is 0 Å². The van der Waals surface area contributed by atoms with Crippen LogP contribution in [0.15, 0.2) is 36.6 Å². The Morgan fingerprint density at radius 2 is 1.80 bits per heavy atom. The standard InChI is InChI=1S/C13H20O2/c1-10(2)13(5)15-8-6-7-11(3)9-12(4)14/h1,3,5-9H2,2,4H3. The van der Waals surface area contributed by atoms with E-state index in [4.69, 9.17) is 4.74 Å². The Balaban J connectivity index is 3.55. The molecule has 0 amide bonds. The Bertz CT molecular complexity index is 274. The molecule has 0 bridgehead atoms. The van der Waals surface area contributed by atoms with Crippen LogP contribution in [0, 0.1) is 0 Å². The molecule has 0 aliphatic carbocycles. The number of rotatable bonds is 8. The molecule has 0 rings (SSSR count). The highest BCUT2D eigenvalue weighted by Crippen LogP contribution is 2.10. The van der Waals surface area contributed by atoms with Crippen LogP contribution >= 0.6 is 0 Å². The number of Topliss-reactive ketones (excluding diaryl/α,β-unsaturated/α-hetero) is 1. The maximum absolute atomic E-state index is 10.8. The van der Waals surface area contributed by atoms with Gasteiger partial charge in [-0.1, -0.05) is 25.3 Å². The van der Waals surface area contributed by atoms with Crippen LogP contribution in [0.25, 0.3) is 0 Å². The Labute approximate surface area is 92.3 Å². The van der Waals surface area contributed by atoms with Crippen LogP contribution in [0.3, 0.4) is 0 Å². The van der Waals surface area contributed by atoms with Crippen molar-refractivity contribution in [3.05, 3.63) is 36.6 Å². The fourth-order valence-electron chi connectivity index (χ4n) is 1.08. The van der Waals surface area contributed by atoms with Gasteiger partial charge in [0, 0.05) is 6.42 Å². The van der Waals surface area contributed by atoms with Gasteiger partial charge >= 0.3 is 0 Å². The van der Waals surface area contributed by atoms with Gasteiger partial charge in [0.05, 0.1) is 6.61 Å². The van der Waals surface area contributed by atoms with Crippen molar-refractivity contribution in [3.8, 4) is 0 Å². The number of hydrogen-bond donors (Lipinski definition) is 0. The smallest absolute Gasteiger partial charge is 0.133 e. The third-order valence-electron chi connectivity index (χ3n) is 1.93. The zero-order valence-electron chi connectivity index (χ0n) is 9.77. The molecule has 0 aromatic rings. The molecule has 0 unspecified atom stereocenters.